The van der Waals surface area contributed by atoms with Gasteiger partial charge in [-0.1, -0.05) is 77.6 Å². The minimum atomic E-state index is -0.782. The second-order valence-corrected chi connectivity index (χ2v) is 7.29. The van der Waals surface area contributed by atoms with E-state index in [-0.39, 0.29) is 13.2 Å². The van der Waals surface area contributed by atoms with Crippen LogP contribution >= 0.6 is 0 Å². The third-order valence-corrected chi connectivity index (χ3v) is 4.81. The van der Waals surface area contributed by atoms with E-state index in [4.69, 9.17) is 10.2 Å². The molecule has 0 aromatic heterocycles. The molecule has 1 aliphatic rings. The number of aliphatic hydroxyl groups is 2. The Morgan fingerprint density at radius 3 is 1.54 bits per heavy atom. The Bertz CT molecular complexity index is 350. The lowest BCUT2D eigenvalue weighted by Gasteiger charge is -2.24. The zero-order valence-electron chi connectivity index (χ0n) is 17.8. The van der Waals surface area contributed by atoms with E-state index in [0.717, 1.165) is 0 Å². The van der Waals surface area contributed by atoms with Gasteiger partial charge in [0.15, 0.2) is 0 Å². The number of esters is 2. The van der Waals surface area contributed by atoms with Crippen molar-refractivity contribution in [2.45, 2.75) is 96.8 Å². The topological polar surface area (TPSA) is 93.1 Å². The number of ether oxygens (including phenoxy) is 2. The SMILES string of the molecule is CCCCCCCCCCCC[C]1CCC1.O=C(CO)OCCOC(=O)CO. The average molecular weight is 402 g/mol. The minimum Gasteiger partial charge on any atom is -0.460 e. The highest BCUT2D eigenvalue weighted by Gasteiger charge is 2.16. The predicted molar refractivity (Wildman–Crippen MR) is 110 cm³/mol. The van der Waals surface area contributed by atoms with Gasteiger partial charge in [-0.25, -0.2) is 9.59 Å². The third kappa shape index (κ3) is 18.2. The fraction of sp³-hybridized carbons (Fsp3) is 0.864. The van der Waals surface area contributed by atoms with Crippen LogP contribution in [0.25, 0.3) is 0 Å². The molecule has 0 aromatic carbocycles. The van der Waals surface area contributed by atoms with Crippen molar-refractivity contribution >= 4 is 11.9 Å². The maximum absolute atomic E-state index is 10.3. The van der Waals surface area contributed by atoms with Gasteiger partial charge in [0.05, 0.1) is 0 Å². The molecule has 2 N–H and O–H groups in total. The largest absolute Gasteiger partial charge is 0.460 e. The van der Waals surface area contributed by atoms with E-state index in [2.05, 4.69) is 16.4 Å². The molecule has 0 saturated heterocycles. The van der Waals surface area contributed by atoms with Crippen molar-refractivity contribution in [3.63, 3.8) is 0 Å². The summed E-state index contributed by atoms with van der Waals surface area (Å²) in [6.45, 7) is 0.651. The Morgan fingerprint density at radius 2 is 1.18 bits per heavy atom. The zero-order valence-corrected chi connectivity index (χ0v) is 17.8. The number of hydrogen-bond acceptors (Lipinski definition) is 6. The van der Waals surface area contributed by atoms with Gasteiger partial charge in [0, 0.05) is 0 Å². The van der Waals surface area contributed by atoms with Crippen LogP contribution in [0, 0.1) is 5.92 Å². The molecular formula is C22H41O6. The molecule has 0 aliphatic heterocycles. The molecule has 0 spiro atoms. The monoisotopic (exact) mass is 401 g/mol. The number of carbonyl (C=O) groups excluding carboxylic acids is 2. The van der Waals surface area contributed by atoms with Gasteiger partial charge in [-0.15, -0.1) is 0 Å². The summed E-state index contributed by atoms with van der Waals surface area (Å²) >= 11 is 0. The maximum Gasteiger partial charge on any atom is 0.331 e. The Hall–Kier alpha value is -1.14. The smallest absolute Gasteiger partial charge is 0.331 e. The van der Waals surface area contributed by atoms with Gasteiger partial charge >= 0.3 is 11.9 Å². The van der Waals surface area contributed by atoms with Crippen LogP contribution in [-0.4, -0.2) is 48.6 Å². The van der Waals surface area contributed by atoms with Crippen LogP contribution in [-0.2, 0) is 19.1 Å². The first kappa shape index (κ1) is 26.9. The molecule has 1 aliphatic carbocycles. The van der Waals surface area contributed by atoms with Crippen LogP contribution < -0.4 is 0 Å². The van der Waals surface area contributed by atoms with Gasteiger partial charge in [0.1, 0.15) is 26.4 Å². The van der Waals surface area contributed by atoms with Crippen molar-refractivity contribution in [1.82, 2.24) is 0 Å². The van der Waals surface area contributed by atoms with E-state index in [1.165, 1.54) is 89.9 Å². The maximum atomic E-state index is 10.3. The minimum absolute atomic E-state index is 0.120. The molecule has 0 heterocycles. The molecule has 28 heavy (non-hydrogen) atoms. The van der Waals surface area contributed by atoms with E-state index < -0.39 is 25.2 Å². The second-order valence-electron chi connectivity index (χ2n) is 7.29. The Morgan fingerprint density at radius 1 is 0.750 bits per heavy atom. The number of unbranched alkanes of at least 4 members (excludes halogenated alkanes) is 9. The molecule has 6 nitrogen and oxygen atoms in total. The summed E-state index contributed by atoms with van der Waals surface area (Å²) in [5.74, 6) is 0.296. The molecule has 1 saturated carbocycles. The zero-order chi connectivity index (χ0) is 20.9. The summed E-state index contributed by atoms with van der Waals surface area (Å²) < 4.78 is 8.68. The summed E-state index contributed by atoms with van der Waals surface area (Å²) in [6.07, 6.45) is 20.5. The molecule has 165 valence electrons. The third-order valence-electron chi connectivity index (χ3n) is 4.81. The second kappa shape index (κ2) is 20.6. The molecular weight excluding hydrogens is 360 g/mol. The molecule has 0 amide bonds. The van der Waals surface area contributed by atoms with Gasteiger partial charge in [-0.05, 0) is 25.2 Å². The lowest BCUT2D eigenvalue weighted by atomic mass is 9.81. The van der Waals surface area contributed by atoms with Crippen LogP contribution in [0.3, 0.4) is 0 Å². The Balaban J connectivity index is 0.000000546. The Labute approximate surface area is 171 Å². The number of hydrogen-bond donors (Lipinski definition) is 2. The van der Waals surface area contributed by atoms with Gasteiger partial charge in [0.25, 0.3) is 0 Å². The fourth-order valence-corrected chi connectivity index (χ4v) is 2.94. The average Bonchev–Trinajstić information content (AvgIpc) is 2.68. The molecule has 1 radical (unpaired) electrons. The van der Waals surface area contributed by atoms with Gasteiger partial charge in [0.2, 0.25) is 0 Å². The normalized spacial score (nSPS) is 13.2. The lowest BCUT2D eigenvalue weighted by Crippen LogP contribution is -2.17. The summed E-state index contributed by atoms with van der Waals surface area (Å²) in [5.41, 5.74) is 0. The fourth-order valence-electron chi connectivity index (χ4n) is 2.94. The molecule has 0 bridgehead atoms. The highest BCUT2D eigenvalue weighted by Crippen LogP contribution is 2.33. The summed E-state index contributed by atoms with van der Waals surface area (Å²) in [7, 11) is 0. The van der Waals surface area contributed by atoms with Crippen molar-refractivity contribution in [2.75, 3.05) is 26.4 Å². The summed E-state index contributed by atoms with van der Waals surface area (Å²) in [5, 5.41) is 16.3. The van der Waals surface area contributed by atoms with Gasteiger partial charge < -0.3 is 19.7 Å². The van der Waals surface area contributed by atoms with Crippen LogP contribution in [0.5, 0.6) is 0 Å². The molecule has 6 heteroatoms. The molecule has 0 unspecified atom stereocenters. The molecule has 1 fully saturated rings. The molecule has 1 rings (SSSR count). The van der Waals surface area contributed by atoms with Crippen LogP contribution in [0.15, 0.2) is 0 Å². The first-order chi connectivity index (χ1) is 13.6. The quantitative estimate of drug-likeness (QED) is 0.299. The number of carbonyl (C=O) groups is 2. The van der Waals surface area contributed by atoms with Crippen molar-refractivity contribution < 1.29 is 29.3 Å². The van der Waals surface area contributed by atoms with Crippen molar-refractivity contribution in [2.24, 2.45) is 0 Å². The Kier molecular flexibility index (Phi) is 19.8. The number of rotatable bonds is 16. The number of aliphatic hydroxyl groups excluding tert-OH is 2. The molecule has 0 atom stereocenters. The van der Waals surface area contributed by atoms with Crippen molar-refractivity contribution in [3.05, 3.63) is 5.92 Å². The van der Waals surface area contributed by atoms with Crippen molar-refractivity contribution in [1.29, 1.82) is 0 Å². The first-order valence-corrected chi connectivity index (χ1v) is 11.0. The molecule has 0 aromatic rings. The van der Waals surface area contributed by atoms with Crippen LogP contribution in [0.2, 0.25) is 0 Å². The van der Waals surface area contributed by atoms with E-state index in [0.29, 0.717) is 0 Å². The van der Waals surface area contributed by atoms with Gasteiger partial charge in [-0.2, -0.15) is 0 Å². The summed E-state index contributed by atoms with van der Waals surface area (Å²) in [4.78, 5) is 20.5. The standard InChI is InChI=1S/C16H31.C6H10O6/c1-2-3-4-5-6-7-8-9-10-11-13-16-14-12-15-16;7-3-5(9)11-1-2-12-6(10)4-8/h2-15H2,1H3;7-8H,1-4H2. The van der Waals surface area contributed by atoms with E-state index in [9.17, 15) is 9.59 Å². The van der Waals surface area contributed by atoms with E-state index in [1.807, 2.05) is 5.92 Å². The first-order valence-electron chi connectivity index (χ1n) is 11.0. The van der Waals surface area contributed by atoms with Gasteiger partial charge in [-0.3, -0.25) is 0 Å². The van der Waals surface area contributed by atoms with Crippen LogP contribution in [0.4, 0.5) is 0 Å². The predicted octanol–water partition coefficient (Wildman–Crippen LogP) is 4.11. The van der Waals surface area contributed by atoms with E-state index >= 15 is 0 Å². The van der Waals surface area contributed by atoms with Crippen LogP contribution in [0.1, 0.15) is 96.8 Å². The summed E-state index contributed by atoms with van der Waals surface area (Å²) in [6, 6.07) is 0. The highest BCUT2D eigenvalue weighted by atomic mass is 16.6. The lowest BCUT2D eigenvalue weighted by molar-refractivity contribution is -0.155. The van der Waals surface area contributed by atoms with E-state index in [1.54, 1.807) is 0 Å². The van der Waals surface area contributed by atoms with Crippen molar-refractivity contribution in [3.8, 4) is 0 Å². The highest BCUT2D eigenvalue weighted by molar-refractivity contribution is 5.71.